The molecular weight excluding hydrogens is 316 g/mol. The molecule has 1 aliphatic rings. The maximum atomic E-state index is 5.41. The second kappa shape index (κ2) is 10.8. The van der Waals surface area contributed by atoms with Crippen LogP contribution in [0, 0.1) is 0 Å². The van der Waals surface area contributed by atoms with Crippen molar-refractivity contribution in [1.82, 2.24) is 15.5 Å². The zero-order valence-electron chi connectivity index (χ0n) is 15.8. The van der Waals surface area contributed by atoms with Gasteiger partial charge in [0.15, 0.2) is 17.5 Å². The summed E-state index contributed by atoms with van der Waals surface area (Å²) in [6, 6.07) is 6.00. The molecule has 0 unspecified atom stereocenters. The highest BCUT2D eigenvalue weighted by Crippen LogP contribution is 2.32. The van der Waals surface area contributed by atoms with Gasteiger partial charge >= 0.3 is 0 Å². The molecule has 1 aromatic carbocycles. The van der Waals surface area contributed by atoms with E-state index in [4.69, 9.17) is 9.47 Å². The Hall–Kier alpha value is -1.95. The Labute approximate surface area is 151 Å². The lowest BCUT2D eigenvalue weighted by molar-refractivity contribution is 0.174. The van der Waals surface area contributed by atoms with E-state index >= 15 is 0 Å². The Kier molecular flexibility index (Phi) is 8.39. The number of nitrogens with zero attached hydrogens (tertiary/aromatic N) is 2. The lowest BCUT2D eigenvalue weighted by Crippen LogP contribution is -2.38. The molecule has 25 heavy (non-hydrogen) atoms. The molecule has 0 radical (unpaired) electrons. The van der Waals surface area contributed by atoms with Gasteiger partial charge in [0, 0.05) is 20.1 Å². The molecule has 140 valence electrons. The van der Waals surface area contributed by atoms with E-state index in [1.54, 1.807) is 7.05 Å². The number of guanidine groups is 1. The number of hydrogen-bond acceptors (Lipinski definition) is 4. The Morgan fingerprint density at radius 2 is 1.84 bits per heavy atom. The molecule has 0 spiro atoms. The van der Waals surface area contributed by atoms with Crippen LogP contribution in [-0.4, -0.2) is 50.9 Å². The molecule has 1 aromatic rings. The highest BCUT2D eigenvalue weighted by atomic mass is 16.7. The zero-order chi connectivity index (χ0) is 17.9. The molecule has 0 saturated carbocycles. The summed E-state index contributed by atoms with van der Waals surface area (Å²) in [4.78, 5) is 6.82. The van der Waals surface area contributed by atoms with Crippen molar-refractivity contribution in [3.8, 4) is 11.5 Å². The number of ether oxygens (including phenoxy) is 2. The van der Waals surface area contributed by atoms with Gasteiger partial charge in [-0.1, -0.05) is 19.9 Å². The molecule has 2 rings (SSSR count). The molecule has 0 saturated heterocycles. The largest absolute Gasteiger partial charge is 0.454 e. The van der Waals surface area contributed by atoms with E-state index in [-0.39, 0.29) is 0 Å². The lowest BCUT2D eigenvalue weighted by atomic mass is 10.2. The normalized spacial score (nSPS) is 13.4. The van der Waals surface area contributed by atoms with E-state index in [0.717, 1.165) is 42.5 Å². The smallest absolute Gasteiger partial charge is 0.231 e. The molecule has 6 heteroatoms. The summed E-state index contributed by atoms with van der Waals surface area (Å²) in [5, 5.41) is 6.73. The Balaban J connectivity index is 1.68. The first-order chi connectivity index (χ1) is 12.3. The molecule has 6 nitrogen and oxygen atoms in total. The zero-order valence-corrected chi connectivity index (χ0v) is 15.8. The predicted octanol–water partition coefficient (Wildman–Crippen LogP) is 2.59. The van der Waals surface area contributed by atoms with Gasteiger partial charge in [0.05, 0.1) is 0 Å². The monoisotopic (exact) mass is 348 g/mol. The van der Waals surface area contributed by atoms with Crippen LogP contribution in [0.25, 0.3) is 0 Å². The molecule has 0 atom stereocenters. The van der Waals surface area contributed by atoms with Crippen LogP contribution >= 0.6 is 0 Å². The van der Waals surface area contributed by atoms with Crippen LogP contribution in [0.15, 0.2) is 23.2 Å². The van der Waals surface area contributed by atoms with Crippen molar-refractivity contribution < 1.29 is 9.47 Å². The Bertz CT molecular complexity index is 542. The summed E-state index contributed by atoms with van der Waals surface area (Å²) in [6.45, 7) is 9.91. The Morgan fingerprint density at radius 1 is 1.08 bits per heavy atom. The minimum atomic E-state index is 0.308. The number of hydrogen-bond donors (Lipinski definition) is 2. The van der Waals surface area contributed by atoms with E-state index < -0.39 is 0 Å². The van der Waals surface area contributed by atoms with Gasteiger partial charge in [-0.3, -0.25) is 4.99 Å². The van der Waals surface area contributed by atoms with Gasteiger partial charge in [0.2, 0.25) is 6.79 Å². The van der Waals surface area contributed by atoms with Crippen molar-refractivity contribution in [2.45, 2.75) is 39.7 Å². The topological polar surface area (TPSA) is 58.1 Å². The molecule has 1 aliphatic heterocycles. The van der Waals surface area contributed by atoms with Crippen molar-refractivity contribution in [2.24, 2.45) is 4.99 Å². The molecule has 0 aromatic heterocycles. The van der Waals surface area contributed by atoms with Crippen LogP contribution in [0.5, 0.6) is 11.5 Å². The number of rotatable bonds is 10. The third-order valence-corrected chi connectivity index (χ3v) is 4.14. The highest BCUT2D eigenvalue weighted by Gasteiger charge is 2.13. The van der Waals surface area contributed by atoms with Crippen LogP contribution in [0.3, 0.4) is 0 Å². The molecule has 0 amide bonds. The molecule has 1 heterocycles. The van der Waals surface area contributed by atoms with E-state index in [9.17, 15) is 0 Å². The van der Waals surface area contributed by atoms with Gasteiger partial charge in [-0.05, 0) is 56.6 Å². The fraction of sp³-hybridized carbons (Fsp3) is 0.632. The first-order valence-corrected chi connectivity index (χ1v) is 9.32. The number of benzene rings is 1. The van der Waals surface area contributed by atoms with Crippen molar-refractivity contribution >= 4 is 5.96 Å². The maximum absolute atomic E-state index is 5.41. The second-order valence-corrected chi connectivity index (χ2v) is 6.24. The van der Waals surface area contributed by atoms with Crippen molar-refractivity contribution in [3.05, 3.63) is 23.8 Å². The quantitative estimate of drug-likeness (QED) is 0.387. The second-order valence-electron chi connectivity index (χ2n) is 6.24. The van der Waals surface area contributed by atoms with E-state index in [0.29, 0.717) is 13.3 Å². The standard InChI is InChI=1S/C19H32N4O2/c1-4-10-23(11-5-2)12-6-9-21-19(20-3)22-14-16-7-8-17-18(13-16)25-15-24-17/h7-8,13H,4-6,9-12,14-15H2,1-3H3,(H2,20,21,22). The fourth-order valence-electron chi connectivity index (χ4n) is 2.93. The first kappa shape index (κ1) is 19.4. The van der Waals surface area contributed by atoms with Crippen LogP contribution in [-0.2, 0) is 6.54 Å². The average molecular weight is 348 g/mol. The van der Waals surface area contributed by atoms with Gasteiger partial charge < -0.3 is 25.0 Å². The van der Waals surface area contributed by atoms with Gasteiger partial charge in [0.1, 0.15) is 0 Å². The van der Waals surface area contributed by atoms with Crippen molar-refractivity contribution in [2.75, 3.05) is 40.0 Å². The van der Waals surface area contributed by atoms with Gasteiger partial charge in [-0.2, -0.15) is 0 Å². The van der Waals surface area contributed by atoms with Crippen LogP contribution in [0.4, 0.5) is 0 Å². The van der Waals surface area contributed by atoms with Crippen molar-refractivity contribution in [1.29, 1.82) is 0 Å². The maximum Gasteiger partial charge on any atom is 0.231 e. The highest BCUT2D eigenvalue weighted by molar-refractivity contribution is 5.79. The summed E-state index contributed by atoms with van der Waals surface area (Å²) in [5.41, 5.74) is 1.14. The lowest BCUT2D eigenvalue weighted by Gasteiger charge is -2.21. The van der Waals surface area contributed by atoms with E-state index in [1.165, 1.54) is 25.9 Å². The minimum Gasteiger partial charge on any atom is -0.454 e. The summed E-state index contributed by atoms with van der Waals surface area (Å²) in [5.74, 6) is 2.46. The van der Waals surface area contributed by atoms with Gasteiger partial charge in [-0.15, -0.1) is 0 Å². The third kappa shape index (κ3) is 6.46. The van der Waals surface area contributed by atoms with Gasteiger partial charge in [-0.25, -0.2) is 0 Å². The van der Waals surface area contributed by atoms with Crippen LogP contribution < -0.4 is 20.1 Å². The summed E-state index contributed by atoms with van der Waals surface area (Å²) in [7, 11) is 1.80. The molecule has 0 aliphatic carbocycles. The molecule has 0 bridgehead atoms. The molecular formula is C19H32N4O2. The van der Waals surface area contributed by atoms with Crippen LogP contribution in [0.2, 0.25) is 0 Å². The van der Waals surface area contributed by atoms with Crippen LogP contribution in [0.1, 0.15) is 38.7 Å². The van der Waals surface area contributed by atoms with Crippen molar-refractivity contribution in [3.63, 3.8) is 0 Å². The predicted molar refractivity (Wildman–Crippen MR) is 102 cm³/mol. The summed E-state index contributed by atoms with van der Waals surface area (Å²) >= 11 is 0. The SMILES string of the molecule is CCCN(CCC)CCCNC(=NC)NCc1ccc2c(c1)OCO2. The number of nitrogens with one attached hydrogen (secondary N) is 2. The molecule has 0 fully saturated rings. The van der Waals surface area contributed by atoms with Gasteiger partial charge in [0.25, 0.3) is 0 Å². The average Bonchev–Trinajstić information content (AvgIpc) is 3.09. The number of aliphatic imine (C=N–C) groups is 1. The van der Waals surface area contributed by atoms with E-state index in [2.05, 4.69) is 34.4 Å². The summed E-state index contributed by atoms with van der Waals surface area (Å²) < 4.78 is 10.8. The fourth-order valence-corrected chi connectivity index (χ4v) is 2.93. The minimum absolute atomic E-state index is 0.308. The van der Waals surface area contributed by atoms with E-state index in [1.807, 2.05) is 18.2 Å². The first-order valence-electron chi connectivity index (χ1n) is 9.32. The Morgan fingerprint density at radius 3 is 2.56 bits per heavy atom. The third-order valence-electron chi connectivity index (χ3n) is 4.14. The number of fused-ring (bicyclic) bond motifs is 1. The molecule has 2 N–H and O–H groups in total. The summed E-state index contributed by atoms with van der Waals surface area (Å²) in [6.07, 6.45) is 3.54.